The molecule has 0 atom stereocenters. The van der Waals surface area contributed by atoms with E-state index in [2.05, 4.69) is 12.1 Å². The van der Waals surface area contributed by atoms with Gasteiger partial charge >= 0.3 is 0 Å². The van der Waals surface area contributed by atoms with Crippen molar-refractivity contribution in [1.82, 2.24) is 0 Å². The van der Waals surface area contributed by atoms with Gasteiger partial charge in [-0.2, -0.15) is 10.5 Å². The molecule has 0 radical (unpaired) electrons. The molecular formula is C20H12N2O3S. The van der Waals surface area contributed by atoms with Gasteiger partial charge in [-0.05, 0) is 48.5 Å². The summed E-state index contributed by atoms with van der Waals surface area (Å²) in [6.07, 6.45) is 0. The van der Waals surface area contributed by atoms with Crippen LogP contribution in [0.15, 0.2) is 57.4 Å². The molecule has 0 bridgehead atoms. The molecule has 2 aromatic carbocycles. The fourth-order valence-electron chi connectivity index (χ4n) is 2.85. The summed E-state index contributed by atoms with van der Waals surface area (Å²) < 4.78 is 23.9. The molecule has 2 aromatic heterocycles. The predicted octanol–water partition coefficient (Wildman–Crippen LogP) is 4.37. The Labute approximate surface area is 151 Å². The molecule has 6 heteroatoms. The summed E-state index contributed by atoms with van der Waals surface area (Å²) in [6.45, 7) is 0. The van der Waals surface area contributed by atoms with Crippen molar-refractivity contribution in [3.05, 3.63) is 71.2 Å². The third-order valence-electron chi connectivity index (χ3n) is 4.00. The smallest absolute Gasteiger partial charge is 0.134 e. The van der Waals surface area contributed by atoms with Crippen LogP contribution in [0.1, 0.15) is 22.6 Å². The maximum atomic E-state index is 12.5. The molecule has 126 valence electrons. The minimum atomic E-state index is -1.21. The van der Waals surface area contributed by atoms with Crippen LogP contribution in [0.3, 0.4) is 0 Å². The van der Waals surface area contributed by atoms with E-state index in [1.165, 1.54) is 0 Å². The monoisotopic (exact) mass is 360 g/mol. The van der Waals surface area contributed by atoms with Gasteiger partial charge < -0.3 is 8.83 Å². The molecule has 0 N–H and O–H groups in total. The van der Waals surface area contributed by atoms with E-state index in [-0.39, 0.29) is 11.5 Å². The molecule has 0 spiro atoms. The van der Waals surface area contributed by atoms with Gasteiger partial charge in [-0.25, -0.2) is 0 Å². The Morgan fingerprint density at radius 1 is 0.769 bits per heavy atom. The van der Waals surface area contributed by atoms with Gasteiger partial charge in [0.25, 0.3) is 0 Å². The van der Waals surface area contributed by atoms with Crippen LogP contribution in [-0.4, -0.2) is 4.21 Å². The summed E-state index contributed by atoms with van der Waals surface area (Å²) >= 11 is 0. The van der Waals surface area contributed by atoms with Crippen molar-refractivity contribution >= 4 is 32.7 Å². The number of fused-ring (bicyclic) bond motifs is 2. The van der Waals surface area contributed by atoms with Crippen molar-refractivity contribution in [1.29, 1.82) is 10.5 Å². The van der Waals surface area contributed by atoms with E-state index in [0.717, 1.165) is 10.8 Å². The molecule has 26 heavy (non-hydrogen) atoms. The Morgan fingerprint density at radius 2 is 1.23 bits per heavy atom. The molecule has 5 nitrogen and oxygen atoms in total. The Bertz CT molecular complexity index is 1140. The topological polar surface area (TPSA) is 90.9 Å². The van der Waals surface area contributed by atoms with Gasteiger partial charge in [-0.1, -0.05) is 0 Å². The quantitative estimate of drug-likeness (QED) is 0.539. The van der Waals surface area contributed by atoms with Gasteiger partial charge in [0.15, 0.2) is 0 Å². The maximum absolute atomic E-state index is 12.5. The summed E-state index contributed by atoms with van der Waals surface area (Å²) in [4.78, 5) is 0. The van der Waals surface area contributed by atoms with Crippen molar-refractivity contribution in [3.63, 3.8) is 0 Å². The van der Waals surface area contributed by atoms with E-state index >= 15 is 0 Å². The number of furan rings is 2. The zero-order chi connectivity index (χ0) is 18.1. The highest BCUT2D eigenvalue weighted by atomic mass is 32.2. The first-order valence-electron chi connectivity index (χ1n) is 7.85. The molecule has 0 fully saturated rings. The molecule has 4 rings (SSSR count). The van der Waals surface area contributed by atoms with E-state index in [1.54, 1.807) is 36.4 Å². The molecule has 0 aliphatic carbocycles. The highest BCUT2D eigenvalue weighted by Crippen LogP contribution is 2.24. The van der Waals surface area contributed by atoms with Crippen LogP contribution in [0.4, 0.5) is 0 Å². The lowest BCUT2D eigenvalue weighted by molar-refractivity contribution is 0.562. The fraction of sp³-hybridized carbons (Fsp3) is 0.100. The van der Waals surface area contributed by atoms with Crippen molar-refractivity contribution < 1.29 is 13.0 Å². The van der Waals surface area contributed by atoms with Crippen LogP contribution in [0.25, 0.3) is 21.9 Å². The molecule has 0 aliphatic rings. The first kappa shape index (κ1) is 16.1. The Balaban J connectivity index is 1.52. The van der Waals surface area contributed by atoms with E-state index in [4.69, 9.17) is 19.4 Å². The molecule has 0 saturated heterocycles. The van der Waals surface area contributed by atoms with Crippen LogP contribution in [0.2, 0.25) is 0 Å². The predicted molar refractivity (Wildman–Crippen MR) is 97.4 cm³/mol. The van der Waals surface area contributed by atoms with Crippen molar-refractivity contribution in [2.45, 2.75) is 11.5 Å². The van der Waals surface area contributed by atoms with E-state index in [1.807, 2.05) is 12.1 Å². The summed E-state index contributed by atoms with van der Waals surface area (Å²) in [5.74, 6) is 1.74. The lowest BCUT2D eigenvalue weighted by Crippen LogP contribution is -1.97. The van der Waals surface area contributed by atoms with Gasteiger partial charge in [0.2, 0.25) is 0 Å². The van der Waals surface area contributed by atoms with Crippen molar-refractivity contribution in [2.75, 3.05) is 0 Å². The second-order valence-corrected chi connectivity index (χ2v) is 7.34. The average molecular weight is 360 g/mol. The Kier molecular flexibility index (Phi) is 4.04. The minimum absolute atomic E-state index is 0.261. The molecule has 0 saturated carbocycles. The lowest BCUT2D eigenvalue weighted by Gasteiger charge is -1.97. The molecule has 0 amide bonds. The number of rotatable bonds is 4. The summed E-state index contributed by atoms with van der Waals surface area (Å²) in [6, 6.07) is 18.2. The average Bonchev–Trinajstić information content (AvgIpc) is 3.22. The summed E-state index contributed by atoms with van der Waals surface area (Å²) in [5.41, 5.74) is 2.46. The lowest BCUT2D eigenvalue weighted by atomic mass is 10.2. The first-order chi connectivity index (χ1) is 12.6. The second-order valence-electron chi connectivity index (χ2n) is 5.88. The van der Waals surface area contributed by atoms with Crippen molar-refractivity contribution in [2.24, 2.45) is 0 Å². The third-order valence-corrected chi connectivity index (χ3v) is 5.21. The molecule has 0 unspecified atom stereocenters. The molecule has 2 heterocycles. The SMILES string of the molecule is N#Cc1ccc2oc(CS(=O)Cc3cc4cc(C#N)ccc4o3)cc2c1. The number of benzene rings is 2. The number of nitrogens with zero attached hydrogens (tertiary/aromatic N) is 2. The highest BCUT2D eigenvalue weighted by Gasteiger charge is 2.12. The standard InChI is InChI=1S/C20H12N2O3S/c21-9-13-1-3-19-15(5-13)7-17(24-19)11-26(23)12-18-8-16-6-14(10-22)2-4-20(16)25-18/h1-8H,11-12H2. The van der Waals surface area contributed by atoms with Crippen molar-refractivity contribution in [3.8, 4) is 12.1 Å². The normalized spacial score (nSPS) is 11.0. The van der Waals surface area contributed by atoms with E-state index in [9.17, 15) is 4.21 Å². The van der Waals surface area contributed by atoms with Gasteiger partial charge in [0, 0.05) is 21.6 Å². The van der Waals surface area contributed by atoms with Crippen LogP contribution in [0.5, 0.6) is 0 Å². The van der Waals surface area contributed by atoms with E-state index in [0.29, 0.717) is 33.8 Å². The minimum Gasteiger partial charge on any atom is -0.460 e. The largest absolute Gasteiger partial charge is 0.460 e. The van der Waals surface area contributed by atoms with Crippen LogP contribution in [0, 0.1) is 22.7 Å². The third kappa shape index (κ3) is 3.11. The molecule has 0 aliphatic heterocycles. The van der Waals surface area contributed by atoms with Crippen LogP contribution in [-0.2, 0) is 22.3 Å². The van der Waals surface area contributed by atoms with Gasteiger partial charge in [0.1, 0.15) is 22.7 Å². The number of hydrogen-bond donors (Lipinski definition) is 0. The zero-order valence-electron chi connectivity index (χ0n) is 13.6. The second kappa shape index (κ2) is 6.51. The first-order valence-corrected chi connectivity index (χ1v) is 9.33. The Morgan fingerprint density at radius 3 is 1.65 bits per heavy atom. The number of nitriles is 2. The van der Waals surface area contributed by atoms with Gasteiger partial charge in [0.05, 0.1) is 34.8 Å². The fourth-order valence-corrected chi connectivity index (χ4v) is 3.87. The van der Waals surface area contributed by atoms with Gasteiger partial charge in [-0.3, -0.25) is 4.21 Å². The van der Waals surface area contributed by atoms with Gasteiger partial charge in [-0.15, -0.1) is 0 Å². The highest BCUT2D eigenvalue weighted by molar-refractivity contribution is 7.83. The molecule has 4 aromatic rings. The maximum Gasteiger partial charge on any atom is 0.134 e. The molecular weight excluding hydrogens is 348 g/mol. The van der Waals surface area contributed by atoms with Crippen LogP contribution >= 0.6 is 0 Å². The Hall–Kier alpha value is -3.35. The van der Waals surface area contributed by atoms with Crippen LogP contribution < -0.4 is 0 Å². The van der Waals surface area contributed by atoms with E-state index < -0.39 is 10.8 Å². The number of hydrogen-bond acceptors (Lipinski definition) is 5. The summed E-state index contributed by atoms with van der Waals surface area (Å²) in [5, 5.41) is 19.5. The zero-order valence-corrected chi connectivity index (χ0v) is 14.4. The summed E-state index contributed by atoms with van der Waals surface area (Å²) in [7, 11) is -1.21.